The van der Waals surface area contributed by atoms with Crippen molar-refractivity contribution in [3.63, 3.8) is 0 Å². The van der Waals surface area contributed by atoms with Crippen molar-refractivity contribution in [2.24, 2.45) is 0 Å². The quantitative estimate of drug-likeness (QED) is 0.458. The molecule has 0 radical (unpaired) electrons. The van der Waals surface area contributed by atoms with E-state index in [1.54, 1.807) is 29.2 Å². The molecule has 160 valence electrons. The molecule has 1 aromatic heterocycles. The lowest BCUT2D eigenvalue weighted by Crippen LogP contribution is -2.35. The number of hydrogen-bond donors (Lipinski definition) is 1. The third-order valence-electron chi connectivity index (χ3n) is 4.87. The molecular weight excluding hydrogens is 456 g/mol. The third kappa shape index (κ3) is 5.30. The fourth-order valence-electron chi connectivity index (χ4n) is 3.36. The number of fused-ring (bicyclic) bond motifs is 1. The summed E-state index contributed by atoms with van der Waals surface area (Å²) in [5.74, 6) is 0.345. The number of nitrogens with one attached hydrogen (secondary N) is 1. The number of imidazole rings is 1. The van der Waals surface area contributed by atoms with Gasteiger partial charge in [0.2, 0.25) is 5.91 Å². The number of halogens is 1. The van der Waals surface area contributed by atoms with Crippen LogP contribution in [0.15, 0.2) is 78.3 Å². The highest BCUT2D eigenvalue weighted by atomic mass is 79.9. The van der Waals surface area contributed by atoms with E-state index < -0.39 is 6.04 Å². The molecule has 0 fully saturated rings. The Hall–Kier alpha value is -3.19. The number of para-hydroxylation sites is 2. The summed E-state index contributed by atoms with van der Waals surface area (Å²) >= 11 is 3.37. The van der Waals surface area contributed by atoms with Crippen LogP contribution in [-0.2, 0) is 11.3 Å². The van der Waals surface area contributed by atoms with Crippen LogP contribution in [0.4, 0.5) is 0 Å². The average molecular weight is 481 g/mol. The van der Waals surface area contributed by atoms with E-state index in [0.717, 1.165) is 15.5 Å². The van der Waals surface area contributed by atoms with Gasteiger partial charge in [-0.3, -0.25) is 9.59 Å². The van der Waals surface area contributed by atoms with Gasteiger partial charge in [-0.25, -0.2) is 4.98 Å². The molecule has 1 heterocycles. The summed E-state index contributed by atoms with van der Waals surface area (Å²) in [6, 6.07) is 14.4. The van der Waals surface area contributed by atoms with E-state index in [1.165, 1.54) is 0 Å². The number of amides is 2. The molecule has 2 amide bonds. The van der Waals surface area contributed by atoms with Crippen molar-refractivity contribution in [2.75, 3.05) is 13.1 Å². The van der Waals surface area contributed by atoms with Crippen LogP contribution in [0.1, 0.15) is 29.1 Å². The fraction of sp³-hybridized carbons (Fsp3) is 0.208. The molecule has 0 aliphatic heterocycles. The number of rotatable bonds is 9. The molecule has 3 aromatic rings. The number of aromatic nitrogens is 2. The zero-order chi connectivity index (χ0) is 22.4. The minimum Gasteiger partial charge on any atom is -0.342 e. The SMILES string of the molecule is C=CCN(CC=C)C(=O)Cn1c(C(C)NC(=O)c2ccc(Br)cc2)nc2ccccc21. The fourth-order valence-corrected chi connectivity index (χ4v) is 3.63. The second-order valence-electron chi connectivity index (χ2n) is 7.12. The first-order valence-corrected chi connectivity index (χ1v) is 10.7. The van der Waals surface area contributed by atoms with Gasteiger partial charge in [-0.05, 0) is 43.3 Å². The maximum Gasteiger partial charge on any atom is 0.251 e. The molecule has 7 heteroatoms. The van der Waals surface area contributed by atoms with Gasteiger partial charge < -0.3 is 14.8 Å². The van der Waals surface area contributed by atoms with Crippen molar-refractivity contribution in [3.8, 4) is 0 Å². The largest absolute Gasteiger partial charge is 0.342 e. The Labute approximate surface area is 190 Å². The Bertz CT molecular complexity index is 1090. The lowest BCUT2D eigenvalue weighted by molar-refractivity contribution is -0.130. The zero-order valence-electron chi connectivity index (χ0n) is 17.4. The normalized spacial score (nSPS) is 11.7. The van der Waals surface area contributed by atoms with Crippen LogP contribution >= 0.6 is 15.9 Å². The number of nitrogens with zero attached hydrogens (tertiary/aromatic N) is 3. The van der Waals surface area contributed by atoms with Crippen LogP contribution in [0, 0.1) is 0 Å². The van der Waals surface area contributed by atoms with Gasteiger partial charge in [-0.1, -0.05) is 40.2 Å². The Morgan fingerprint density at radius 2 is 1.77 bits per heavy atom. The van der Waals surface area contributed by atoms with Gasteiger partial charge in [0.05, 0.1) is 17.1 Å². The van der Waals surface area contributed by atoms with Crippen LogP contribution in [0.25, 0.3) is 11.0 Å². The Kier molecular flexibility index (Phi) is 7.41. The highest BCUT2D eigenvalue weighted by molar-refractivity contribution is 9.10. The van der Waals surface area contributed by atoms with Crippen LogP contribution in [0.3, 0.4) is 0 Å². The number of carbonyl (C=O) groups is 2. The molecule has 0 aliphatic rings. The minimum absolute atomic E-state index is 0.0735. The van der Waals surface area contributed by atoms with Crippen molar-refractivity contribution in [1.29, 1.82) is 0 Å². The summed E-state index contributed by atoms with van der Waals surface area (Å²) in [6.45, 7) is 10.3. The maximum absolute atomic E-state index is 13.0. The molecule has 0 spiro atoms. The van der Waals surface area contributed by atoms with Crippen molar-refractivity contribution in [2.45, 2.75) is 19.5 Å². The lowest BCUT2D eigenvalue weighted by Gasteiger charge is -2.22. The highest BCUT2D eigenvalue weighted by Gasteiger charge is 2.22. The standard InChI is InChI=1S/C24H25BrN4O2/c1-4-14-28(15-5-2)22(30)16-29-21-9-7-6-8-20(21)27-23(29)17(3)26-24(31)18-10-12-19(25)13-11-18/h4-13,17H,1-2,14-16H2,3H3,(H,26,31). The van der Waals surface area contributed by atoms with Crippen LogP contribution in [-0.4, -0.2) is 39.4 Å². The van der Waals surface area contributed by atoms with E-state index in [-0.39, 0.29) is 18.4 Å². The summed E-state index contributed by atoms with van der Waals surface area (Å²) in [7, 11) is 0. The summed E-state index contributed by atoms with van der Waals surface area (Å²) in [4.78, 5) is 32.1. The summed E-state index contributed by atoms with van der Waals surface area (Å²) in [5.41, 5.74) is 2.17. The zero-order valence-corrected chi connectivity index (χ0v) is 19.0. The van der Waals surface area contributed by atoms with Gasteiger partial charge >= 0.3 is 0 Å². The van der Waals surface area contributed by atoms with Gasteiger partial charge in [0.15, 0.2) is 0 Å². The lowest BCUT2D eigenvalue weighted by atomic mass is 10.2. The monoisotopic (exact) mass is 480 g/mol. The molecule has 1 atom stereocenters. The minimum atomic E-state index is -0.399. The van der Waals surface area contributed by atoms with Gasteiger partial charge in [-0.2, -0.15) is 0 Å². The topological polar surface area (TPSA) is 67.2 Å². The molecule has 0 saturated heterocycles. The highest BCUT2D eigenvalue weighted by Crippen LogP contribution is 2.22. The molecule has 1 N–H and O–H groups in total. The number of carbonyl (C=O) groups excluding carboxylic acids is 2. The molecule has 0 saturated carbocycles. The maximum atomic E-state index is 13.0. The van der Waals surface area contributed by atoms with E-state index in [2.05, 4.69) is 34.4 Å². The predicted molar refractivity (Wildman–Crippen MR) is 127 cm³/mol. The number of benzene rings is 2. The molecule has 1 unspecified atom stereocenters. The Morgan fingerprint density at radius 3 is 2.42 bits per heavy atom. The van der Waals surface area contributed by atoms with Crippen LogP contribution < -0.4 is 5.32 Å². The van der Waals surface area contributed by atoms with Gasteiger partial charge in [0.1, 0.15) is 12.4 Å². The van der Waals surface area contributed by atoms with Gasteiger partial charge in [-0.15, -0.1) is 13.2 Å². The summed E-state index contributed by atoms with van der Waals surface area (Å²) in [5, 5.41) is 2.99. The smallest absolute Gasteiger partial charge is 0.251 e. The second kappa shape index (κ2) is 10.2. The molecular formula is C24H25BrN4O2. The van der Waals surface area contributed by atoms with E-state index in [0.29, 0.717) is 24.5 Å². The summed E-state index contributed by atoms with van der Waals surface area (Å²) in [6.07, 6.45) is 3.38. The Morgan fingerprint density at radius 1 is 1.13 bits per heavy atom. The van der Waals surface area contributed by atoms with E-state index in [4.69, 9.17) is 4.98 Å². The van der Waals surface area contributed by atoms with Crippen molar-refractivity contribution in [1.82, 2.24) is 19.8 Å². The van der Waals surface area contributed by atoms with Crippen LogP contribution in [0.2, 0.25) is 0 Å². The van der Waals surface area contributed by atoms with Crippen molar-refractivity contribution in [3.05, 3.63) is 89.7 Å². The molecule has 0 aliphatic carbocycles. The van der Waals surface area contributed by atoms with Crippen molar-refractivity contribution < 1.29 is 9.59 Å². The average Bonchev–Trinajstić information content (AvgIpc) is 3.12. The first-order valence-electron chi connectivity index (χ1n) is 9.95. The molecule has 2 aromatic carbocycles. The molecule has 0 bridgehead atoms. The Balaban J connectivity index is 1.90. The second-order valence-corrected chi connectivity index (χ2v) is 8.04. The van der Waals surface area contributed by atoms with Gasteiger partial charge in [0, 0.05) is 23.1 Å². The van der Waals surface area contributed by atoms with Crippen molar-refractivity contribution >= 4 is 38.8 Å². The molecule has 3 rings (SSSR count). The molecule has 6 nitrogen and oxygen atoms in total. The first-order chi connectivity index (χ1) is 14.9. The molecule has 31 heavy (non-hydrogen) atoms. The van der Waals surface area contributed by atoms with E-state index in [1.807, 2.05) is 47.9 Å². The number of hydrogen-bond acceptors (Lipinski definition) is 3. The third-order valence-corrected chi connectivity index (χ3v) is 5.40. The predicted octanol–water partition coefficient (Wildman–Crippen LogP) is 4.49. The first kappa shape index (κ1) is 22.5. The van der Waals surface area contributed by atoms with E-state index in [9.17, 15) is 9.59 Å². The van der Waals surface area contributed by atoms with Crippen LogP contribution in [0.5, 0.6) is 0 Å². The summed E-state index contributed by atoms with van der Waals surface area (Å²) < 4.78 is 2.77. The van der Waals surface area contributed by atoms with E-state index >= 15 is 0 Å². The van der Waals surface area contributed by atoms with Gasteiger partial charge in [0.25, 0.3) is 5.91 Å².